The van der Waals surface area contributed by atoms with Crippen LogP contribution in [0.2, 0.25) is 10.0 Å². The lowest BCUT2D eigenvalue weighted by Crippen LogP contribution is -2.32. The molecular weight excluding hydrogens is 359 g/mol. The molecule has 3 rings (SSSR count). The number of ether oxygens (including phenoxy) is 1. The van der Waals surface area contributed by atoms with Crippen molar-refractivity contribution in [2.75, 3.05) is 6.61 Å². The van der Waals surface area contributed by atoms with Crippen molar-refractivity contribution in [2.45, 2.75) is 19.2 Å². The highest BCUT2D eigenvalue weighted by atomic mass is 35.5. The number of aliphatic hydroxyl groups is 1. The van der Waals surface area contributed by atoms with E-state index in [2.05, 4.69) is 0 Å². The van der Waals surface area contributed by atoms with Crippen LogP contribution in [0, 0.1) is 0 Å². The molecule has 0 saturated carbocycles. The van der Waals surface area contributed by atoms with E-state index in [1.165, 1.54) is 0 Å². The minimum atomic E-state index is -0.614. The summed E-state index contributed by atoms with van der Waals surface area (Å²) in [5, 5.41) is 11.6. The summed E-state index contributed by atoms with van der Waals surface area (Å²) in [6.07, 6.45) is 5.20. The fourth-order valence-electron chi connectivity index (χ4n) is 2.48. The summed E-state index contributed by atoms with van der Waals surface area (Å²) in [6, 6.07) is 14.8. The zero-order chi connectivity index (χ0) is 17.6. The summed E-state index contributed by atoms with van der Waals surface area (Å²) in [5.74, 6) is 0.685. The Hall–Kier alpha value is -2.01. The molecule has 0 fully saturated rings. The predicted molar refractivity (Wildman–Crippen MR) is 98.1 cm³/mol. The topological polar surface area (TPSA) is 38.3 Å². The van der Waals surface area contributed by atoms with E-state index in [4.69, 9.17) is 27.9 Å². The van der Waals surface area contributed by atoms with E-state index in [9.17, 15) is 5.11 Å². The first-order valence-electron chi connectivity index (χ1n) is 7.95. The molecule has 130 valence electrons. The van der Waals surface area contributed by atoms with E-state index in [1.54, 1.807) is 24.3 Å². The van der Waals surface area contributed by atoms with Crippen LogP contribution in [0.4, 0.5) is 0 Å². The molecule has 3 aromatic rings. The van der Waals surface area contributed by atoms with E-state index in [0.717, 1.165) is 10.6 Å². The van der Waals surface area contributed by atoms with Gasteiger partial charge in [0.1, 0.15) is 43.9 Å². The van der Waals surface area contributed by atoms with Crippen LogP contribution in [0.1, 0.15) is 5.56 Å². The molecule has 1 atom stereocenters. The van der Waals surface area contributed by atoms with Crippen LogP contribution in [-0.2, 0) is 13.1 Å². The molecule has 0 unspecified atom stereocenters. The van der Waals surface area contributed by atoms with E-state index in [0.29, 0.717) is 23.9 Å². The quantitative estimate of drug-likeness (QED) is 0.639. The summed E-state index contributed by atoms with van der Waals surface area (Å²) >= 11 is 12.0. The monoisotopic (exact) mass is 377 g/mol. The predicted octanol–water partition coefficient (Wildman–Crippen LogP) is 3.57. The number of benzene rings is 2. The van der Waals surface area contributed by atoms with Crippen molar-refractivity contribution in [1.82, 2.24) is 4.57 Å². The van der Waals surface area contributed by atoms with E-state index in [1.807, 2.05) is 52.1 Å². The molecule has 0 amide bonds. The van der Waals surface area contributed by atoms with E-state index >= 15 is 0 Å². The van der Waals surface area contributed by atoms with Crippen LogP contribution >= 0.6 is 23.2 Å². The maximum atomic E-state index is 10.2. The van der Waals surface area contributed by atoms with Crippen LogP contribution in [0.15, 0.2) is 67.3 Å². The number of rotatable bonds is 7. The van der Waals surface area contributed by atoms with Crippen molar-refractivity contribution >= 4 is 23.2 Å². The second-order valence-corrected chi connectivity index (χ2v) is 6.64. The van der Waals surface area contributed by atoms with Gasteiger partial charge in [0, 0.05) is 15.6 Å². The number of aliphatic hydroxyl groups excluding tert-OH is 1. The van der Waals surface area contributed by atoms with Crippen LogP contribution in [0.25, 0.3) is 0 Å². The first kappa shape index (κ1) is 17.8. The number of hydrogen-bond donors (Lipinski definition) is 1. The second kappa shape index (κ2) is 8.39. The summed E-state index contributed by atoms with van der Waals surface area (Å²) < 4.78 is 9.51. The van der Waals surface area contributed by atoms with Gasteiger partial charge >= 0.3 is 0 Å². The van der Waals surface area contributed by atoms with Crippen molar-refractivity contribution in [1.29, 1.82) is 0 Å². The van der Waals surface area contributed by atoms with Gasteiger partial charge in [-0.05, 0) is 30.3 Å². The number of aromatic nitrogens is 2. The number of hydrogen-bond acceptors (Lipinski definition) is 2. The molecule has 1 aromatic heterocycles. The minimum Gasteiger partial charge on any atom is -0.491 e. The Balaban J connectivity index is 1.52. The van der Waals surface area contributed by atoms with Crippen molar-refractivity contribution in [3.8, 4) is 5.75 Å². The van der Waals surface area contributed by atoms with Crippen molar-refractivity contribution in [3.63, 3.8) is 0 Å². The Morgan fingerprint density at radius 3 is 2.60 bits per heavy atom. The molecule has 0 bridgehead atoms. The van der Waals surface area contributed by atoms with Gasteiger partial charge < -0.3 is 9.84 Å². The molecule has 0 saturated heterocycles. The van der Waals surface area contributed by atoms with E-state index in [-0.39, 0.29) is 6.61 Å². The molecule has 0 radical (unpaired) electrons. The second-order valence-electron chi connectivity index (χ2n) is 5.79. The Kier molecular flexibility index (Phi) is 5.97. The zero-order valence-corrected chi connectivity index (χ0v) is 15.1. The third-order valence-corrected chi connectivity index (χ3v) is 4.36. The molecule has 0 spiro atoms. The van der Waals surface area contributed by atoms with Crippen molar-refractivity contribution < 1.29 is 14.4 Å². The smallest absolute Gasteiger partial charge is 0.244 e. The van der Waals surface area contributed by atoms with Crippen molar-refractivity contribution in [2.24, 2.45) is 0 Å². The summed E-state index contributed by atoms with van der Waals surface area (Å²) in [6.45, 7) is 1.34. The average molecular weight is 378 g/mol. The van der Waals surface area contributed by atoms with Gasteiger partial charge in [-0.3, -0.25) is 0 Å². The van der Waals surface area contributed by atoms with Gasteiger partial charge in [-0.1, -0.05) is 41.4 Å². The maximum Gasteiger partial charge on any atom is 0.244 e. The van der Waals surface area contributed by atoms with Crippen LogP contribution in [0.3, 0.4) is 0 Å². The zero-order valence-electron chi connectivity index (χ0n) is 13.6. The Bertz CT molecular complexity index is 818. The van der Waals surface area contributed by atoms with Gasteiger partial charge in [0.2, 0.25) is 6.33 Å². The van der Waals surface area contributed by atoms with Gasteiger partial charge in [0.05, 0.1) is 0 Å². The fraction of sp³-hybridized carbons (Fsp3) is 0.211. The largest absolute Gasteiger partial charge is 0.491 e. The molecule has 1 heterocycles. The summed E-state index contributed by atoms with van der Waals surface area (Å²) in [4.78, 5) is 0. The molecule has 2 aromatic carbocycles. The normalized spacial score (nSPS) is 12.1. The van der Waals surface area contributed by atoms with Crippen LogP contribution < -0.4 is 9.30 Å². The van der Waals surface area contributed by atoms with Gasteiger partial charge in [0.15, 0.2) is 0 Å². The molecule has 0 aliphatic carbocycles. The Morgan fingerprint density at radius 2 is 1.84 bits per heavy atom. The van der Waals surface area contributed by atoms with E-state index < -0.39 is 6.10 Å². The maximum absolute atomic E-state index is 10.2. The first-order valence-corrected chi connectivity index (χ1v) is 8.70. The number of imidazole rings is 1. The first-order chi connectivity index (χ1) is 12.1. The molecule has 1 N–H and O–H groups in total. The highest BCUT2D eigenvalue weighted by molar-refractivity contribution is 6.31. The molecule has 4 nitrogen and oxygen atoms in total. The highest BCUT2D eigenvalue weighted by Crippen LogP contribution is 2.16. The number of halogens is 2. The minimum absolute atomic E-state index is 0.213. The molecule has 0 aliphatic heterocycles. The SMILES string of the molecule is O[C@H](COc1ccc(Cl)cc1)Cn1cc[n+](Cc2ccccc2Cl)c1. The standard InChI is InChI=1S/C19H19Cl2N2O2/c20-16-5-7-18(8-6-16)25-13-17(24)12-23-10-9-22(14-23)11-15-3-1-2-4-19(15)21/h1-10,14,17,24H,11-13H2/q+1/t17-/m0/s1. The molecular formula is C19H19Cl2N2O2+. The lowest BCUT2D eigenvalue weighted by atomic mass is 10.2. The van der Waals surface area contributed by atoms with Crippen LogP contribution in [-0.4, -0.2) is 22.4 Å². The van der Waals surface area contributed by atoms with Gasteiger partial charge in [0.25, 0.3) is 0 Å². The fourth-order valence-corrected chi connectivity index (χ4v) is 2.80. The Morgan fingerprint density at radius 1 is 1.08 bits per heavy atom. The lowest BCUT2D eigenvalue weighted by Gasteiger charge is -2.10. The lowest BCUT2D eigenvalue weighted by molar-refractivity contribution is -0.687. The van der Waals surface area contributed by atoms with Gasteiger partial charge in [-0.25, -0.2) is 9.13 Å². The van der Waals surface area contributed by atoms with Gasteiger partial charge in [-0.2, -0.15) is 0 Å². The third-order valence-electron chi connectivity index (χ3n) is 3.73. The highest BCUT2D eigenvalue weighted by Gasteiger charge is 2.12. The number of nitrogens with zero attached hydrogens (tertiary/aromatic N) is 2. The van der Waals surface area contributed by atoms with Gasteiger partial charge in [-0.15, -0.1) is 0 Å². The molecule has 6 heteroatoms. The molecule has 25 heavy (non-hydrogen) atoms. The average Bonchev–Trinajstić information content (AvgIpc) is 3.03. The summed E-state index contributed by atoms with van der Waals surface area (Å²) in [5.41, 5.74) is 1.05. The molecule has 0 aliphatic rings. The summed E-state index contributed by atoms with van der Waals surface area (Å²) in [7, 11) is 0. The van der Waals surface area contributed by atoms with Crippen LogP contribution in [0.5, 0.6) is 5.75 Å². The Labute approximate surface area is 156 Å². The van der Waals surface area contributed by atoms with Crippen molar-refractivity contribution in [3.05, 3.63) is 82.9 Å². The third kappa shape index (κ3) is 5.23.